The number of methoxy groups -OCH3 is 6. The molecule has 140 heavy (non-hydrogen) atoms. The van der Waals surface area contributed by atoms with Gasteiger partial charge in [-0.3, -0.25) is 38.2 Å². The monoisotopic (exact) mass is 1900 g/mol. The fraction of sp³-hybridized carbons (Fsp3) is 0.350. The second kappa shape index (κ2) is 63.4. The molecule has 744 valence electrons. The van der Waals surface area contributed by atoms with Crippen LogP contribution in [0.1, 0.15) is 180 Å². The fourth-order valence-electron chi connectivity index (χ4n) is 15.3. The number of likely N-dealkylation sites (N-methyl/N-ethyl adjacent to an activating group) is 2. The van der Waals surface area contributed by atoms with Crippen LogP contribution in [0.2, 0.25) is 0 Å². The number of Topliss-reactive ketones (excluding diaryl/α,β-unsaturated/α-hetero) is 1. The summed E-state index contributed by atoms with van der Waals surface area (Å²) >= 11 is 0. The van der Waals surface area contributed by atoms with Crippen LogP contribution in [0.4, 0.5) is 11.4 Å². The Morgan fingerprint density at radius 2 is 0.921 bits per heavy atom. The first-order valence-electron chi connectivity index (χ1n) is 48.4. The standard InChI is InChI=1S/C23H30N2O2.C18H26O3.C17H17NO2.2C15H19NO2.C15H21NO2.C14H14N2O2/c1-4-23(24(2)3,18-19-8-6-5-7-9-19)22(26)20-10-12-21(13-11-20)25-14-16-27-17-15-25;1-4-6-7-15(5-2)14-21-18(19)13-10-16-8-11-17(20-3)12-9-16;1-13(12-14-8-10-16(20-2)11-9-14)17(19)18-15-6-4-3-5-7-15;1-18-14-8-4-3-7-13(14)9-10-15(17)16-11-5-2-6-12-16;1-18-14-8-5-13(6-9-14)7-10-15(17)16-11-3-2-4-12-16;1-5-16(6-2)15(17)12(3)11-13-7-9-14(18-4)10-8-13;1-11(14(17)16-8-7-15-10-16)9-12-3-5-13(18-2)6-4-12/h5-13H,4,14-18H2,1-3H3;8-13,15H,4-7,14H2,1-3H3;3-12H,1-2H3,(H,18,19);3-4,7-10H,2,5-6,11-12H2,1H3;5-10H,2-4,11-12H2,1H3;7-11H,5-6H2,1-4H3;3-10H,1-2H3/b;13-10+;13-12+;10-9+;10-7+;12-11+;11-9+. The largest absolute Gasteiger partial charge is 0.497 e. The summed E-state index contributed by atoms with van der Waals surface area (Å²) in [7, 11) is 13.8. The number of likely N-dealkylation sites (tertiary alicyclic amines) is 2. The van der Waals surface area contributed by atoms with Crippen LogP contribution in [0.5, 0.6) is 34.5 Å². The van der Waals surface area contributed by atoms with E-state index >= 15 is 0 Å². The maximum Gasteiger partial charge on any atom is 0.330 e. The van der Waals surface area contributed by atoms with Crippen LogP contribution >= 0.6 is 0 Å². The molecule has 0 radical (unpaired) electrons. The number of allylic oxidation sites excluding steroid dienone is 1. The average molecular weight is 1900 g/mol. The second-order valence-corrected chi connectivity index (χ2v) is 33.9. The van der Waals surface area contributed by atoms with E-state index in [0.29, 0.717) is 30.1 Å². The fourth-order valence-corrected chi connectivity index (χ4v) is 15.3. The molecule has 3 fully saturated rings. The second-order valence-electron chi connectivity index (χ2n) is 33.9. The van der Waals surface area contributed by atoms with Crippen molar-refractivity contribution in [2.75, 3.05) is 139 Å². The highest BCUT2D eigenvalue weighted by Crippen LogP contribution is 2.31. The van der Waals surface area contributed by atoms with Gasteiger partial charge >= 0.3 is 5.97 Å². The molecule has 4 heterocycles. The number of morpholine rings is 1. The third-order valence-corrected chi connectivity index (χ3v) is 24.0. The number of ether oxygens (including phenoxy) is 8. The maximum atomic E-state index is 13.6. The minimum atomic E-state index is -0.540. The molecule has 23 heteroatoms. The Balaban J connectivity index is 0.000000223. The van der Waals surface area contributed by atoms with E-state index in [4.69, 9.17) is 37.9 Å². The molecule has 3 aliphatic heterocycles. The first kappa shape index (κ1) is 113. The van der Waals surface area contributed by atoms with Crippen molar-refractivity contribution < 1.29 is 71.5 Å². The number of unbranched alkanes of at least 4 members (excludes halogenated alkanes) is 1. The number of aromatic nitrogens is 2. The molecule has 13 rings (SSSR count). The molecular weight excluding hydrogens is 1760 g/mol. The number of anilines is 2. The molecular formula is C117H146N8O15. The molecule has 4 amide bonds. The number of esters is 1. The van der Waals surface area contributed by atoms with E-state index < -0.39 is 5.54 Å². The number of piperidine rings is 2. The smallest absolute Gasteiger partial charge is 0.330 e. The molecule has 0 saturated carbocycles. The Labute approximate surface area is 831 Å². The molecule has 2 atom stereocenters. The Bertz CT molecular complexity index is 5510. The highest BCUT2D eigenvalue weighted by molar-refractivity contribution is 6.06. The zero-order valence-electron chi connectivity index (χ0n) is 85.0. The normalized spacial score (nSPS) is 13.7. The van der Waals surface area contributed by atoms with Gasteiger partial charge in [0, 0.05) is 122 Å². The van der Waals surface area contributed by atoms with Crippen molar-refractivity contribution in [1.29, 1.82) is 0 Å². The number of amides is 4. The van der Waals surface area contributed by atoms with Crippen LogP contribution in [-0.2, 0) is 39.9 Å². The molecule has 9 aromatic carbocycles. The van der Waals surface area contributed by atoms with Crippen molar-refractivity contribution in [3.8, 4) is 34.5 Å². The van der Waals surface area contributed by atoms with Gasteiger partial charge in [0.25, 0.3) is 11.8 Å². The van der Waals surface area contributed by atoms with Crippen molar-refractivity contribution in [2.24, 2.45) is 5.92 Å². The lowest BCUT2D eigenvalue weighted by Crippen LogP contribution is -2.52. The molecule has 1 aromatic heterocycles. The van der Waals surface area contributed by atoms with Gasteiger partial charge in [0.2, 0.25) is 17.7 Å². The van der Waals surface area contributed by atoms with Crippen LogP contribution < -0.4 is 38.6 Å². The summed E-state index contributed by atoms with van der Waals surface area (Å²) in [4.78, 5) is 99.1. The lowest BCUT2D eigenvalue weighted by Gasteiger charge is -2.38. The van der Waals surface area contributed by atoms with E-state index in [9.17, 15) is 33.6 Å². The topological polar surface area (TPSA) is 239 Å². The first-order valence-corrected chi connectivity index (χ1v) is 48.4. The van der Waals surface area contributed by atoms with Gasteiger partial charge < -0.3 is 62.8 Å². The zero-order valence-corrected chi connectivity index (χ0v) is 85.0. The van der Waals surface area contributed by atoms with Crippen LogP contribution in [0.15, 0.2) is 284 Å². The maximum absolute atomic E-state index is 13.6. The Morgan fingerprint density at radius 1 is 0.479 bits per heavy atom. The average Bonchev–Trinajstić information content (AvgIpc) is 1.17. The van der Waals surface area contributed by atoms with Gasteiger partial charge in [-0.15, -0.1) is 0 Å². The molecule has 10 aromatic rings. The number of hydrogen-bond donors (Lipinski definition) is 1. The summed E-state index contributed by atoms with van der Waals surface area (Å²) in [5, 5.41) is 2.85. The van der Waals surface area contributed by atoms with Gasteiger partial charge in [0.05, 0.1) is 68.0 Å². The van der Waals surface area contributed by atoms with E-state index in [2.05, 4.69) is 65.1 Å². The Kier molecular flexibility index (Phi) is 51.1. The van der Waals surface area contributed by atoms with Crippen molar-refractivity contribution in [2.45, 2.75) is 138 Å². The number of carbonyl (C=O) groups is 7. The first-order chi connectivity index (χ1) is 67.9. The number of para-hydroxylation sites is 2. The number of rotatable bonds is 34. The molecule has 0 spiro atoms. The number of hydrogen-bond acceptors (Lipinski definition) is 18. The molecule has 1 N–H and O–H groups in total. The van der Waals surface area contributed by atoms with E-state index in [1.165, 1.54) is 48.2 Å². The van der Waals surface area contributed by atoms with E-state index in [1.807, 2.05) is 286 Å². The summed E-state index contributed by atoms with van der Waals surface area (Å²) in [6, 6.07) is 73.4. The van der Waals surface area contributed by atoms with Crippen LogP contribution in [0.25, 0.3) is 36.5 Å². The lowest BCUT2D eigenvalue weighted by molar-refractivity contribution is -0.139. The van der Waals surface area contributed by atoms with Crippen LogP contribution in [0.3, 0.4) is 0 Å². The quantitative estimate of drug-likeness (QED) is 0.0224. The van der Waals surface area contributed by atoms with Gasteiger partial charge in [0.1, 0.15) is 40.8 Å². The highest BCUT2D eigenvalue weighted by atomic mass is 16.5. The highest BCUT2D eigenvalue weighted by Gasteiger charge is 2.40. The van der Waals surface area contributed by atoms with Gasteiger partial charge in [-0.1, -0.05) is 167 Å². The summed E-state index contributed by atoms with van der Waals surface area (Å²) in [6.07, 6.45) is 33.5. The van der Waals surface area contributed by atoms with Crippen LogP contribution in [-0.4, -0.2) is 205 Å². The zero-order chi connectivity index (χ0) is 101. The van der Waals surface area contributed by atoms with E-state index in [0.717, 1.165) is 201 Å². The molecule has 23 nitrogen and oxygen atoms in total. The van der Waals surface area contributed by atoms with Gasteiger partial charge in [-0.2, -0.15) is 0 Å². The number of carbonyl (C=O) groups excluding carboxylic acids is 7. The number of imidazole rings is 1. The molecule has 0 bridgehead atoms. The van der Waals surface area contributed by atoms with E-state index in [1.54, 1.807) is 87.1 Å². The van der Waals surface area contributed by atoms with Gasteiger partial charge in [-0.05, 0) is 285 Å². The minimum Gasteiger partial charge on any atom is -0.497 e. The predicted molar refractivity (Wildman–Crippen MR) is 568 cm³/mol. The Hall–Kier alpha value is -14.2. The summed E-state index contributed by atoms with van der Waals surface area (Å²) in [6.45, 7) is 24.7. The van der Waals surface area contributed by atoms with Crippen LogP contribution in [0, 0.1) is 5.92 Å². The lowest BCUT2D eigenvalue weighted by atomic mass is 9.80. The summed E-state index contributed by atoms with van der Waals surface area (Å²) < 4.78 is 42.9. The number of ketones is 1. The number of benzene rings is 9. The van der Waals surface area contributed by atoms with E-state index in [-0.39, 0.29) is 41.3 Å². The number of nitrogens with one attached hydrogen (secondary N) is 1. The van der Waals surface area contributed by atoms with Crippen molar-refractivity contribution in [3.05, 3.63) is 329 Å². The van der Waals surface area contributed by atoms with Crippen molar-refractivity contribution in [1.82, 2.24) is 29.2 Å². The molecule has 2 unspecified atom stereocenters. The SMILES string of the molecule is CCC(Cc1ccccc1)(C(=O)c1ccc(N2CCOCC2)cc1)N(C)C.CCCCC(CC)COC(=O)/C=C/c1ccc(OC)cc1.CCN(CC)C(=O)/C(C)=C/c1ccc(OC)cc1.COc1ccc(/C=C(\C)C(=O)Nc2ccccc2)cc1.COc1ccc(/C=C(\C)C(=O)n2ccnc2)cc1.COc1ccc(/C=C/C(=O)N2CCCCC2)cc1.COc1ccccc1/C=C/C(=O)N1CCCCC1. The molecule has 3 aliphatic rings. The van der Waals surface area contributed by atoms with Crippen molar-refractivity contribution >= 4 is 89.1 Å². The Morgan fingerprint density at radius 3 is 1.36 bits per heavy atom. The van der Waals surface area contributed by atoms with Crippen molar-refractivity contribution in [3.63, 3.8) is 0 Å². The molecule has 0 aliphatic carbocycles. The number of nitrogens with zero attached hydrogens (tertiary/aromatic N) is 7. The van der Waals surface area contributed by atoms with Gasteiger partial charge in [0.15, 0.2) is 5.78 Å². The third kappa shape index (κ3) is 39.4. The third-order valence-electron chi connectivity index (χ3n) is 24.0. The predicted octanol–water partition coefficient (Wildman–Crippen LogP) is 22.9. The molecule has 3 saturated heterocycles. The van der Waals surface area contributed by atoms with Gasteiger partial charge in [-0.25, -0.2) is 9.78 Å². The summed E-state index contributed by atoms with van der Waals surface area (Å²) in [5.41, 5.74) is 11.3. The summed E-state index contributed by atoms with van der Waals surface area (Å²) in [5.74, 6) is 5.35. The minimum absolute atomic E-state index is 0.0803.